The number of rotatable bonds is 1. The van der Waals surface area contributed by atoms with Gasteiger partial charge in [-0.05, 0) is 19.1 Å². The molecule has 1 aliphatic heterocycles. The molecule has 3 rings (SSSR count). The molecule has 0 aliphatic carbocycles. The van der Waals surface area contributed by atoms with E-state index in [1.807, 2.05) is 25.1 Å². The van der Waals surface area contributed by atoms with E-state index in [-0.39, 0.29) is 12.3 Å². The molecule has 1 aromatic heterocycles. The number of benzene rings is 1. The van der Waals surface area contributed by atoms with Crippen LogP contribution in [-0.2, 0) is 13.7 Å². The maximum Gasteiger partial charge on any atom is 0.356 e. The zero-order valence-electron chi connectivity index (χ0n) is 10.1. The van der Waals surface area contributed by atoms with E-state index in [4.69, 9.17) is 9.84 Å². The average Bonchev–Trinajstić information content (AvgIpc) is 2.67. The Labute approximate surface area is 104 Å². The summed E-state index contributed by atoms with van der Waals surface area (Å²) in [5.41, 5.74) is 3.54. The Bertz CT molecular complexity index is 658. The van der Waals surface area contributed by atoms with Crippen LogP contribution >= 0.6 is 0 Å². The number of nitrogens with zero attached hydrogens (tertiary/aromatic N) is 2. The highest BCUT2D eigenvalue weighted by atomic mass is 16.5. The fourth-order valence-corrected chi connectivity index (χ4v) is 2.32. The Morgan fingerprint density at radius 3 is 3.00 bits per heavy atom. The van der Waals surface area contributed by atoms with Crippen molar-refractivity contribution in [1.29, 1.82) is 0 Å². The summed E-state index contributed by atoms with van der Waals surface area (Å²) in [5.74, 6) is -0.250. The molecule has 0 amide bonds. The van der Waals surface area contributed by atoms with Crippen LogP contribution in [0.25, 0.3) is 11.3 Å². The van der Waals surface area contributed by atoms with Gasteiger partial charge in [0, 0.05) is 12.6 Å². The number of hydrogen-bond acceptors (Lipinski definition) is 3. The van der Waals surface area contributed by atoms with Crippen LogP contribution in [0.4, 0.5) is 0 Å². The summed E-state index contributed by atoms with van der Waals surface area (Å²) in [6.45, 7) is 2.24. The maximum absolute atomic E-state index is 11.1. The van der Waals surface area contributed by atoms with Gasteiger partial charge in [0.2, 0.25) is 0 Å². The molecule has 1 N–H and O–H groups in total. The maximum atomic E-state index is 11.1. The van der Waals surface area contributed by atoms with Crippen molar-refractivity contribution in [3.63, 3.8) is 0 Å². The largest absolute Gasteiger partial charge is 0.488 e. The van der Waals surface area contributed by atoms with Gasteiger partial charge < -0.3 is 9.84 Å². The summed E-state index contributed by atoms with van der Waals surface area (Å²) in [6.07, 6.45) is 0. The zero-order valence-corrected chi connectivity index (χ0v) is 10.1. The van der Waals surface area contributed by atoms with Gasteiger partial charge in [-0.2, -0.15) is 5.10 Å². The first-order valence-electron chi connectivity index (χ1n) is 5.61. The van der Waals surface area contributed by atoms with Gasteiger partial charge in [-0.1, -0.05) is 11.6 Å². The molecule has 1 aliphatic rings. The van der Waals surface area contributed by atoms with Crippen molar-refractivity contribution in [1.82, 2.24) is 9.78 Å². The summed E-state index contributed by atoms with van der Waals surface area (Å²) < 4.78 is 7.20. The number of carboxylic acid groups (broad SMARTS) is 1. The molecule has 0 spiro atoms. The van der Waals surface area contributed by atoms with E-state index >= 15 is 0 Å². The average molecular weight is 244 g/mol. The predicted octanol–water partition coefficient (Wildman–Crippen LogP) is 1.99. The van der Waals surface area contributed by atoms with E-state index in [2.05, 4.69) is 5.10 Å². The lowest BCUT2D eigenvalue weighted by molar-refractivity contribution is 0.0686. The quantitative estimate of drug-likeness (QED) is 0.833. The smallest absolute Gasteiger partial charge is 0.356 e. The van der Waals surface area contributed by atoms with Crippen molar-refractivity contribution >= 4 is 5.97 Å². The lowest BCUT2D eigenvalue weighted by atomic mass is 10.0. The molecule has 1 aromatic carbocycles. The van der Waals surface area contributed by atoms with E-state index < -0.39 is 5.97 Å². The number of fused-ring (bicyclic) bond motifs is 3. The summed E-state index contributed by atoms with van der Waals surface area (Å²) in [6, 6.07) is 5.86. The van der Waals surface area contributed by atoms with Crippen LogP contribution < -0.4 is 4.74 Å². The van der Waals surface area contributed by atoms with Crippen molar-refractivity contribution in [3.05, 3.63) is 35.0 Å². The number of hydrogen-bond donors (Lipinski definition) is 1. The molecule has 0 saturated carbocycles. The van der Waals surface area contributed by atoms with Gasteiger partial charge in [0.25, 0.3) is 0 Å². The summed E-state index contributed by atoms with van der Waals surface area (Å²) in [7, 11) is 1.75. The third-order valence-electron chi connectivity index (χ3n) is 3.11. The predicted molar refractivity (Wildman–Crippen MR) is 64.7 cm³/mol. The minimum Gasteiger partial charge on any atom is -0.488 e. The Hall–Kier alpha value is -2.30. The van der Waals surface area contributed by atoms with E-state index in [0.717, 1.165) is 22.6 Å². The minimum atomic E-state index is -1.02. The Balaban J connectivity index is 2.30. The van der Waals surface area contributed by atoms with Crippen molar-refractivity contribution in [2.75, 3.05) is 0 Å². The molecule has 5 nitrogen and oxygen atoms in total. The monoisotopic (exact) mass is 244 g/mol. The molecule has 0 fully saturated rings. The van der Waals surface area contributed by atoms with Gasteiger partial charge in [0.1, 0.15) is 12.4 Å². The van der Waals surface area contributed by atoms with E-state index in [1.165, 1.54) is 0 Å². The second-order valence-corrected chi connectivity index (χ2v) is 4.39. The van der Waals surface area contributed by atoms with Gasteiger partial charge in [0.05, 0.1) is 11.3 Å². The number of carboxylic acids is 1. The first-order chi connectivity index (χ1) is 8.58. The van der Waals surface area contributed by atoms with Crippen LogP contribution in [0.2, 0.25) is 0 Å². The standard InChI is InChI=1S/C13H12N2O3/c1-7-3-4-10-8(5-7)12-9(6-18-10)11(13(16)17)14-15(12)2/h3-5H,6H2,1-2H3,(H,16,17). The number of aromatic nitrogens is 2. The molecule has 0 atom stereocenters. The van der Waals surface area contributed by atoms with Crippen molar-refractivity contribution in [3.8, 4) is 17.0 Å². The Morgan fingerprint density at radius 2 is 2.28 bits per heavy atom. The molecule has 2 heterocycles. The number of carbonyl (C=O) groups is 1. The first kappa shape index (κ1) is 10.8. The third-order valence-corrected chi connectivity index (χ3v) is 3.11. The van der Waals surface area contributed by atoms with Crippen LogP contribution in [0.5, 0.6) is 5.75 Å². The van der Waals surface area contributed by atoms with Crippen molar-refractivity contribution in [2.45, 2.75) is 13.5 Å². The lowest BCUT2D eigenvalue weighted by Gasteiger charge is -2.19. The zero-order chi connectivity index (χ0) is 12.9. The van der Waals surface area contributed by atoms with Crippen LogP contribution in [0.3, 0.4) is 0 Å². The van der Waals surface area contributed by atoms with Crippen LogP contribution in [0, 0.1) is 6.92 Å². The van der Waals surface area contributed by atoms with Gasteiger partial charge in [-0.3, -0.25) is 4.68 Å². The third kappa shape index (κ3) is 1.40. The van der Waals surface area contributed by atoms with Gasteiger partial charge in [-0.25, -0.2) is 4.79 Å². The van der Waals surface area contributed by atoms with Crippen molar-refractivity contribution in [2.24, 2.45) is 7.05 Å². The lowest BCUT2D eigenvalue weighted by Crippen LogP contribution is -2.09. The molecule has 0 radical (unpaired) electrons. The summed E-state index contributed by atoms with van der Waals surface area (Å²) in [5, 5.41) is 13.2. The first-order valence-corrected chi connectivity index (χ1v) is 5.61. The molecule has 0 bridgehead atoms. The molecule has 92 valence electrons. The van der Waals surface area contributed by atoms with E-state index in [1.54, 1.807) is 11.7 Å². The van der Waals surface area contributed by atoms with E-state index in [9.17, 15) is 4.79 Å². The van der Waals surface area contributed by atoms with Crippen LogP contribution in [0.1, 0.15) is 21.6 Å². The summed E-state index contributed by atoms with van der Waals surface area (Å²) >= 11 is 0. The fraction of sp³-hybridized carbons (Fsp3) is 0.231. The molecule has 2 aromatic rings. The highest BCUT2D eigenvalue weighted by molar-refractivity contribution is 5.90. The van der Waals surface area contributed by atoms with Crippen molar-refractivity contribution < 1.29 is 14.6 Å². The fourth-order valence-electron chi connectivity index (χ4n) is 2.32. The highest BCUT2D eigenvalue weighted by Gasteiger charge is 2.28. The molecular weight excluding hydrogens is 232 g/mol. The van der Waals surface area contributed by atoms with Gasteiger partial charge in [-0.15, -0.1) is 0 Å². The number of aromatic carboxylic acids is 1. The number of ether oxygens (including phenoxy) is 1. The Kier molecular flexibility index (Phi) is 2.16. The van der Waals surface area contributed by atoms with Gasteiger partial charge >= 0.3 is 5.97 Å². The molecule has 0 unspecified atom stereocenters. The normalized spacial score (nSPS) is 12.6. The number of aryl methyl sites for hydroxylation is 2. The second-order valence-electron chi connectivity index (χ2n) is 4.39. The topological polar surface area (TPSA) is 64.3 Å². The minimum absolute atomic E-state index is 0.0691. The SMILES string of the molecule is Cc1ccc2c(c1)-c1c(c(C(=O)O)nn1C)CO2. The van der Waals surface area contributed by atoms with Crippen LogP contribution in [-0.4, -0.2) is 20.9 Å². The molecule has 0 saturated heterocycles. The second kappa shape index (κ2) is 3.60. The Morgan fingerprint density at radius 1 is 1.50 bits per heavy atom. The molecule has 18 heavy (non-hydrogen) atoms. The van der Waals surface area contributed by atoms with Crippen LogP contribution in [0.15, 0.2) is 18.2 Å². The summed E-state index contributed by atoms with van der Waals surface area (Å²) in [4.78, 5) is 11.1. The highest BCUT2D eigenvalue weighted by Crippen LogP contribution is 2.38. The molecular formula is C13H12N2O3. The van der Waals surface area contributed by atoms with E-state index in [0.29, 0.717) is 5.56 Å². The van der Waals surface area contributed by atoms with Gasteiger partial charge in [0.15, 0.2) is 5.69 Å². The molecule has 5 heteroatoms.